The number of carboxylic acid groups (broad SMARTS) is 1. The monoisotopic (exact) mass is 424 g/mol. The van der Waals surface area contributed by atoms with Crippen LogP contribution in [0, 0.1) is 18.8 Å². The fourth-order valence-electron chi connectivity index (χ4n) is 3.47. The average molecular weight is 425 g/mol. The molecule has 2 N–H and O–H groups in total. The highest BCUT2D eigenvalue weighted by Crippen LogP contribution is 2.37. The molecular formula is C20H28N2O6S. The predicted octanol–water partition coefficient (Wildman–Crippen LogP) is 3.15. The third kappa shape index (κ3) is 5.14. The normalized spacial score (nSPS) is 19.0. The molecule has 8 nitrogen and oxygen atoms in total. The van der Waals surface area contributed by atoms with E-state index in [1.807, 2.05) is 0 Å². The standard InChI is InChI=1S/C20H28N2O6S/c1-10(2)28-20(27)14-11(3)15(18(24)22(4)5)29-17(14)21-16(23)12-8-6-7-9-13(12)19(25)26/h10,12-13H,6-9H2,1-5H3,(H,21,23)(H,25,26)/t12-,13+/m0/s1. The zero-order valence-corrected chi connectivity index (χ0v) is 18.2. The molecular weight excluding hydrogens is 396 g/mol. The molecule has 1 aromatic heterocycles. The van der Waals surface area contributed by atoms with E-state index in [1.54, 1.807) is 34.9 Å². The molecule has 1 heterocycles. The minimum atomic E-state index is -0.991. The Kier molecular flexibility index (Phi) is 7.40. The lowest BCUT2D eigenvalue weighted by Crippen LogP contribution is -2.36. The van der Waals surface area contributed by atoms with Crippen LogP contribution in [-0.2, 0) is 14.3 Å². The molecule has 2 rings (SSSR count). The highest BCUT2D eigenvalue weighted by molar-refractivity contribution is 7.18. The Morgan fingerprint density at radius 3 is 2.24 bits per heavy atom. The van der Waals surface area contributed by atoms with Gasteiger partial charge in [-0.3, -0.25) is 14.4 Å². The minimum absolute atomic E-state index is 0.143. The number of hydrogen-bond acceptors (Lipinski definition) is 6. The van der Waals surface area contributed by atoms with Gasteiger partial charge in [-0.2, -0.15) is 0 Å². The molecule has 29 heavy (non-hydrogen) atoms. The van der Waals surface area contributed by atoms with Crippen LogP contribution in [-0.4, -0.2) is 54.0 Å². The summed E-state index contributed by atoms with van der Waals surface area (Å²) in [6, 6.07) is 0. The summed E-state index contributed by atoms with van der Waals surface area (Å²) < 4.78 is 5.30. The number of hydrogen-bond donors (Lipinski definition) is 2. The number of carbonyl (C=O) groups is 4. The second-order valence-electron chi connectivity index (χ2n) is 7.74. The molecule has 1 aliphatic rings. The predicted molar refractivity (Wildman–Crippen MR) is 109 cm³/mol. The van der Waals surface area contributed by atoms with Crippen molar-refractivity contribution >= 4 is 40.1 Å². The van der Waals surface area contributed by atoms with Crippen molar-refractivity contribution < 1.29 is 29.0 Å². The first kappa shape index (κ1) is 22.9. The van der Waals surface area contributed by atoms with Crippen LogP contribution in [0.4, 0.5) is 5.00 Å². The molecule has 0 unspecified atom stereocenters. The van der Waals surface area contributed by atoms with Crippen LogP contribution in [0.1, 0.15) is 65.1 Å². The summed E-state index contributed by atoms with van der Waals surface area (Å²) in [5.41, 5.74) is 0.581. The first-order valence-electron chi connectivity index (χ1n) is 9.64. The summed E-state index contributed by atoms with van der Waals surface area (Å²) in [4.78, 5) is 51.3. The SMILES string of the molecule is Cc1c(C(=O)N(C)C)sc(NC(=O)[C@H]2CCCC[C@H]2C(=O)O)c1C(=O)OC(C)C. The van der Waals surface area contributed by atoms with Gasteiger partial charge < -0.3 is 20.1 Å². The van der Waals surface area contributed by atoms with Crippen molar-refractivity contribution in [1.29, 1.82) is 0 Å². The van der Waals surface area contributed by atoms with Gasteiger partial charge in [0, 0.05) is 14.1 Å². The molecule has 1 aromatic rings. The Balaban J connectivity index is 2.40. The summed E-state index contributed by atoms with van der Waals surface area (Å²) in [6.07, 6.45) is 2.10. The Bertz CT molecular complexity index is 814. The maximum absolute atomic E-state index is 12.9. The van der Waals surface area contributed by atoms with Gasteiger partial charge in [0.2, 0.25) is 5.91 Å². The van der Waals surface area contributed by atoms with Crippen LogP contribution in [0.5, 0.6) is 0 Å². The minimum Gasteiger partial charge on any atom is -0.481 e. The van der Waals surface area contributed by atoms with E-state index in [0.717, 1.165) is 24.2 Å². The Morgan fingerprint density at radius 2 is 1.72 bits per heavy atom. The Morgan fingerprint density at radius 1 is 1.14 bits per heavy atom. The van der Waals surface area contributed by atoms with Crippen molar-refractivity contribution in [3.63, 3.8) is 0 Å². The van der Waals surface area contributed by atoms with Gasteiger partial charge in [-0.15, -0.1) is 11.3 Å². The average Bonchev–Trinajstić information content (AvgIpc) is 2.96. The van der Waals surface area contributed by atoms with Crippen molar-refractivity contribution in [2.24, 2.45) is 11.8 Å². The molecule has 0 aliphatic heterocycles. The summed E-state index contributed by atoms with van der Waals surface area (Å²) >= 11 is 1.01. The second-order valence-corrected chi connectivity index (χ2v) is 8.76. The van der Waals surface area contributed by atoms with Gasteiger partial charge in [0.25, 0.3) is 5.91 Å². The summed E-state index contributed by atoms with van der Waals surface area (Å²) in [7, 11) is 3.21. The van der Waals surface area contributed by atoms with E-state index in [-0.39, 0.29) is 22.6 Å². The van der Waals surface area contributed by atoms with Crippen LogP contribution >= 0.6 is 11.3 Å². The maximum Gasteiger partial charge on any atom is 0.341 e. The summed E-state index contributed by atoms with van der Waals surface area (Å²) in [5, 5.41) is 12.4. The summed E-state index contributed by atoms with van der Waals surface area (Å²) in [6.45, 7) is 5.06. The van der Waals surface area contributed by atoms with Crippen LogP contribution in [0.15, 0.2) is 0 Å². The van der Waals surface area contributed by atoms with E-state index >= 15 is 0 Å². The molecule has 1 saturated carbocycles. The van der Waals surface area contributed by atoms with E-state index in [1.165, 1.54) is 4.90 Å². The van der Waals surface area contributed by atoms with Gasteiger partial charge >= 0.3 is 11.9 Å². The molecule has 0 radical (unpaired) electrons. The van der Waals surface area contributed by atoms with Gasteiger partial charge in [0.1, 0.15) is 5.00 Å². The molecule has 1 aliphatic carbocycles. The molecule has 0 saturated heterocycles. The Hall–Kier alpha value is -2.42. The molecule has 0 spiro atoms. The molecule has 160 valence electrons. The van der Waals surface area contributed by atoms with E-state index in [0.29, 0.717) is 23.3 Å². The molecule has 2 amide bonds. The first-order chi connectivity index (χ1) is 13.5. The maximum atomic E-state index is 12.9. The fraction of sp³-hybridized carbons (Fsp3) is 0.600. The van der Waals surface area contributed by atoms with E-state index < -0.39 is 29.7 Å². The highest BCUT2D eigenvalue weighted by Gasteiger charge is 2.37. The highest BCUT2D eigenvalue weighted by atomic mass is 32.1. The lowest BCUT2D eigenvalue weighted by Gasteiger charge is -2.27. The third-order valence-corrected chi connectivity index (χ3v) is 6.15. The Labute approximate surface area is 174 Å². The quantitative estimate of drug-likeness (QED) is 0.678. The van der Waals surface area contributed by atoms with Gasteiger partial charge in [-0.1, -0.05) is 12.8 Å². The lowest BCUT2D eigenvalue weighted by atomic mass is 9.79. The number of carbonyl (C=O) groups excluding carboxylic acids is 3. The first-order valence-corrected chi connectivity index (χ1v) is 10.5. The lowest BCUT2D eigenvalue weighted by molar-refractivity contribution is -0.147. The topological polar surface area (TPSA) is 113 Å². The van der Waals surface area contributed by atoms with Crippen LogP contribution < -0.4 is 5.32 Å². The van der Waals surface area contributed by atoms with Gasteiger partial charge in [0.05, 0.1) is 28.4 Å². The van der Waals surface area contributed by atoms with Crippen LogP contribution in [0.2, 0.25) is 0 Å². The zero-order chi connectivity index (χ0) is 21.9. The number of nitrogens with one attached hydrogen (secondary N) is 1. The van der Waals surface area contributed by atoms with E-state index in [9.17, 15) is 24.3 Å². The zero-order valence-electron chi connectivity index (χ0n) is 17.4. The van der Waals surface area contributed by atoms with Crippen molar-refractivity contribution in [2.75, 3.05) is 19.4 Å². The van der Waals surface area contributed by atoms with Crippen molar-refractivity contribution in [3.05, 3.63) is 16.0 Å². The molecule has 0 bridgehead atoms. The number of carboxylic acids is 1. The summed E-state index contributed by atoms with van der Waals surface area (Å²) in [5.74, 6) is -3.77. The van der Waals surface area contributed by atoms with Gasteiger partial charge in [-0.05, 0) is 39.2 Å². The number of thiophene rings is 1. The number of amides is 2. The van der Waals surface area contributed by atoms with Crippen molar-refractivity contribution in [2.45, 2.75) is 52.6 Å². The van der Waals surface area contributed by atoms with Gasteiger partial charge in [-0.25, -0.2) is 4.79 Å². The van der Waals surface area contributed by atoms with Crippen LogP contribution in [0.25, 0.3) is 0 Å². The number of aliphatic carboxylic acids is 1. The third-order valence-electron chi connectivity index (χ3n) is 4.95. The second kappa shape index (κ2) is 9.39. The number of esters is 1. The van der Waals surface area contributed by atoms with Crippen molar-refractivity contribution in [3.8, 4) is 0 Å². The largest absolute Gasteiger partial charge is 0.481 e. The van der Waals surface area contributed by atoms with Gasteiger partial charge in [0.15, 0.2) is 0 Å². The fourth-order valence-corrected chi connectivity index (χ4v) is 4.69. The van der Waals surface area contributed by atoms with Crippen LogP contribution in [0.3, 0.4) is 0 Å². The smallest absolute Gasteiger partial charge is 0.341 e. The molecule has 9 heteroatoms. The van der Waals surface area contributed by atoms with E-state index in [2.05, 4.69) is 5.32 Å². The number of ether oxygens (including phenoxy) is 1. The molecule has 0 aromatic carbocycles. The number of nitrogens with zero attached hydrogens (tertiary/aromatic N) is 1. The number of anilines is 1. The number of rotatable bonds is 6. The molecule has 2 atom stereocenters. The molecule has 1 fully saturated rings. The van der Waals surface area contributed by atoms with Crippen molar-refractivity contribution in [1.82, 2.24) is 4.90 Å². The van der Waals surface area contributed by atoms with E-state index in [4.69, 9.17) is 4.74 Å².